The first kappa shape index (κ1) is 15.4. The molecule has 0 amide bonds. The molecule has 1 atom stereocenters. The number of nitrogens with zero attached hydrogens (tertiary/aromatic N) is 4. The molecule has 0 radical (unpaired) electrons. The van der Waals surface area contributed by atoms with E-state index in [0.29, 0.717) is 6.04 Å². The van der Waals surface area contributed by atoms with Crippen molar-refractivity contribution in [3.05, 3.63) is 12.2 Å². The Morgan fingerprint density at radius 2 is 2.10 bits per heavy atom. The molecule has 1 fully saturated rings. The molecule has 1 unspecified atom stereocenters. The SMILES string of the molecule is CCn1ncnc1CN1CC(C(C)(C)C)NCC1(C)C. The Labute approximate surface area is 122 Å². The molecular formula is C15H29N5. The van der Waals surface area contributed by atoms with Crippen LogP contribution < -0.4 is 5.32 Å². The molecule has 1 N–H and O–H groups in total. The van der Waals surface area contributed by atoms with Gasteiger partial charge in [-0.2, -0.15) is 5.10 Å². The van der Waals surface area contributed by atoms with E-state index < -0.39 is 0 Å². The van der Waals surface area contributed by atoms with Gasteiger partial charge < -0.3 is 5.32 Å². The first-order chi connectivity index (χ1) is 9.24. The van der Waals surface area contributed by atoms with Crippen LogP contribution in [0.15, 0.2) is 6.33 Å². The van der Waals surface area contributed by atoms with Crippen molar-refractivity contribution in [1.82, 2.24) is 25.0 Å². The van der Waals surface area contributed by atoms with E-state index in [1.165, 1.54) is 0 Å². The van der Waals surface area contributed by atoms with Gasteiger partial charge in [0.25, 0.3) is 0 Å². The highest BCUT2D eigenvalue weighted by atomic mass is 15.4. The number of aromatic nitrogens is 3. The molecule has 1 aromatic heterocycles. The van der Waals surface area contributed by atoms with E-state index in [0.717, 1.165) is 32.0 Å². The van der Waals surface area contributed by atoms with Crippen LogP contribution in [-0.2, 0) is 13.1 Å². The third-order valence-corrected chi connectivity index (χ3v) is 4.41. The molecular weight excluding hydrogens is 250 g/mol. The van der Waals surface area contributed by atoms with Gasteiger partial charge in [-0.25, -0.2) is 9.67 Å². The summed E-state index contributed by atoms with van der Waals surface area (Å²) in [6, 6.07) is 0.508. The van der Waals surface area contributed by atoms with Crippen LogP contribution in [0.1, 0.15) is 47.4 Å². The largest absolute Gasteiger partial charge is 0.310 e. The lowest BCUT2D eigenvalue weighted by Crippen LogP contribution is -2.64. The second-order valence-corrected chi connectivity index (χ2v) is 7.48. The van der Waals surface area contributed by atoms with Gasteiger partial charge in [0.05, 0.1) is 6.54 Å². The highest BCUT2D eigenvalue weighted by molar-refractivity contribution is 4.99. The molecule has 0 aliphatic carbocycles. The third-order valence-electron chi connectivity index (χ3n) is 4.41. The molecule has 0 aromatic carbocycles. The second-order valence-electron chi connectivity index (χ2n) is 7.48. The Kier molecular flexibility index (Phi) is 4.21. The minimum Gasteiger partial charge on any atom is -0.310 e. The maximum atomic E-state index is 4.42. The molecule has 2 rings (SSSR count). The molecule has 5 nitrogen and oxygen atoms in total. The van der Waals surface area contributed by atoms with Crippen molar-refractivity contribution in [3.63, 3.8) is 0 Å². The fraction of sp³-hybridized carbons (Fsp3) is 0.867. The first-order valence-corrected chi connectivity index (χ1v) is 7.59. The second kappa shape index (κ2) is 5.45. The van der Waals surface area contributed by atoms with Gasteiger partial charge in [-0.05, 0) is 26.2 Å². The highest BCUT2D eigenvalue weighted by Crippen LogP contribution is 2.28. The van der Waals surface area contributed by atoms with Gasteiger partial charge in [0.2, 0.25) is 0 Å². The molecule has 0 bridgehead atoms. The van der Waals surface area contributed by atoms with Gasteiger partial charge in [0, 0.05) is 31.2 Å². The highest BCUT2D eigenvalue weighted by Gasteiger charge is 2.38. The van der Waals surface area contributed by atoms with Crippen molar-refractivity contribution >= 4 is 0 Å². The molecule has 2 heterocycles. The van der Waals surface area contributed by atoms with Crippen LogP contribution in [0.3, 0.4) is 0 Å². The molecule has 1 aromatic rings. The minimum absolute atomic E-state index is 0.145. The Balaban J connectivity index is 2.14. The van der Waals surface area contributed by atoms with Crippen molar-refractivity contribution in [2.75, 3.05) is 13.1 Å². The van der Waals surface area contributed by atoms with Crippen molar-refractivity contribution in [1.29, 1.82) is 0 Å². The number of piperazine rings is 1. The predicted molar refractivity (Wildman–Crippen MR) is 81.4 cm³/mol. The van der Waals surface area contributed by atoms with E-state index in [-0.39, 0.29) is 11.0 Å². The Bertz CT molecular complexity index is 443. The van der Waals surface area contributed by atoms with Gasteiger partial charge in [-0.1, -0.05) is 20.8 Å². The lowest BCUT2D eigenvalue weighted by atomic mass is 9.83. The normalized spacial score (nSPS) is 24.0. The van der Waals surface area contributed by atoms with E-state index in [4.69, 9.17) is 0 Å². The van der Waals surface area contributed by atoms with Crippen LogP contribution in [0, 0.1) is 5.41 Å². The summed E-state index contributed by atoms with van der Waals surface area (Å²) in [5.74, 6) is 1.06. The van der Waals surface area contributed by atoms with Crippen LogP contribution in [0.4, 0.5) is 0 Å². The van der Waals surface area contributed by atoms with Gasteiger partial charge in [0.15, 0.2) is 0 Å². The molecule has 0 saturated carbocycles. The molecule has 1 aliphatic heterocycles. The summed E-state index contributed by atoms with van der Waals surface area (Å²) in [7, 11) is 0. The smallest absolute Gasteiger partial charge is 0.141 e. The summed E-state index contributed by atoms with van der Waals surface area (Å²) in [5.41, 5.74) is 0.416. The fourth-order valence-corrected chi connectivity index (χ4v) is 2.72. The maximum absolute atomic E-state index is 4.42. The van der Waals surface area contributed by atoms with E-state index in [1.807, 2.05) is 4.68 Å². The van der Waals surface area contributed by atoms with E-state index in [2.05, 4.69) is 61.8 Å². The zero-order chi connectivity index (χ0) is 15.0. The van der Waals surface area contributed by atoms with Crippen LogP contribution in [0.5, 0.6) is 0 Å². The topological polar surface area (TPSA) is 46.0 Å². The lowest BCUT2D eigenvalue weighted by Gasteiger charge is -2.49. The quantitative estimate of drug-likeness (QED) is 0.918. The van der Waals surface area contributed by atoms with Crippen LogP contribution in [0.2, 0.25) is 0 Å². The standard InChI is InChI=1S/C15H29N5/c1-7-20-13(17-11-18-20)9-19-8-12(14(2,3)4)16-10-15(19,5)6/h11-12,16H,7-10H2,1-6H3. The van der Waals surface area contributed by atoms with Crippen molar-refractivity contribution in [3.8, 4) is 0 Å². The van der Waals surface area contributed by atoms with Gasteiger partial charge >= 0.3 is 0 Å². The van der Waals surface area contributed by atoms with E-state index in [9.17, 15) is 0 Å². The number of hydrogen-bond donors (Lipinski definition) is 1. The number of nitrogens with one attached hydrogen (secondary N) is 1. The number of rotatable bonds is 3. The van der Waals surface area contributed by atoms with E-state index >= 15 is 0 Å². The van der Waals surface area contributed by atoms with Gasteiger partial charge in [0.1, 0.15) is 12.2 Å². The van der Waals surface area contributed by atoms with Crippen LogP contribution in [-0.4, -0.2) is 44.3 Å². The Morgan fingerprint density at radius 3 is 2.70 bits per heavy atom. The summed E-state index contributed by atoms with van der Waals surface area (Å²) < 4.78 is 1.99. The summed E-state index contributed by atoms with van der Waals surface area (Å²) in [6.07, 6.45) is 1.66. The fourth-order valence-electron chi connectivity index (χ4n) is 2.72. The zero-order valence-electron chi connectivity index (χ0n) is 13.8. The maximum Gasteiger partial charge on any atom is 0.141 e. The minimum atomic E-state index is 0.145. The molecule has 5 heteroatoms. The van der Waals surface area contributed by atoms with Gasteiger partial charge in [-0.3, -0.25) is 4.90 Å². The van der Waals surface area contributed by atoms with Crippen LogP contribution >= 0.6 is 0 Å². The summed E-state index contributed by atoms with van der Waals surface area (Å²) in [4.78, 5) is 6.96. The molecule has 20 heavy (non-hydrogen) atoms. The Hall–Kier alpha value is -0.940. The van der Waals surface area contributed by atoms with Crippen molar-refractivity contribution in [2.24, 2.45) is 5.41 Å². The average Bonchev–Trinajstić information content (AvgIpc) is 2.77. The average molecular weight is 279 g/mol. The molecule has 1 saturated heterocycles. The summed E-state index contributed by atoms with van der Waals surface area (Å²) in [5, 5.41) is 7.98. The van der Waals surface area contributed by atoms with Gasteiger partial charge in [-0.15, -0.1) is 0 Å². The lowest BCUT2D eigenvalue weighted by molar-refractivity contribution is 0.0266. The molecule has 0 spiro atoms. The molecule has 1 aliphatic rings. The number of aryl methyl sites for hydroxylation is 1. The summed E-state index contributed by atoms with van der Waals surface area (Å²) >= 11 is 0. The Morgan fingerprint density at radius 1 is 1.40 bits per heavy atom. The monoisotopic (exact) mass is 279 g/mol. The van der Waals surface area contributed by atoms with Crippen molar-refractivity contribution in [2.45, 2.75) is 66.2 Å². The number of hydrogen-bond acceptors (Lipinski definition) is 4. The van der Waals surface area contributed by atoms with E-state index in [1.54, 1.807) is 6.33 Å². The predicted octanol–water partition coefficient (Wildman–Crippen LogP) is 1.90. The van der Waals surface area contributed by atoms with Crippen LogP contribution in [0.25, 0.3) is 0 Å². The molecule has 114 valence electrons. The summed E-state index contributed by atoms with van der Waals surface area (Å²) in [6.45, 7) is 17.4. The zero-order valence-corrected chi connectivity index (χ0v) is 13.8. The van der Waals surface area contributed by atoms with Crippen molar-refractivity contribution < 1.29 is 0 Å². The third kappa shape index (κ3) is 3.20. The first-order valence-electron chi connectivity index (χ1n) is 7.59.